The molecule has 1 aromatic carbocycles. The molecule has 1 heterocycles. The molecular weight excluding hydrogens is 409 g/mol. The molecule has 0 spiro atoms. The second-order valence-corrected chi connectivity index (χ2v) is 9.23. The Balaban J connectivity index is 1.92. The smallest absolute Gasteiger partial charge is 0.338 e. The van der Waals surface area contributed by atoms with E-state index in [2.05, 4.69) is 0 Å². The molecule has 29 heavy (non-hydrogen) atoms. The van der Waals surface area contributed by atoms with E-state index in [9.17, 15) is 31.2 Å². The van der Waals surface area contributed by atoms with Crippen LogP contribution in [0.2, 0.25) is 0 Å². The van der Waals surface area contributed by atoms with Crippen molar-refractivity contribution < 1.29 is 31.2 Å². The van der Waals surface area contributed by atoms with Crippen LogP contribution in [-0.2, 0) is 20.8 Å². The average Bonchev–Trinajstić information content (AvgIpc) is 2.66. The molecule has 1 aliphatic heterocycles. The lowest BCUT2D eigenvalue weighted by molar-refractivity contribution is -0.137. The predicted molar refractivity (Wildman–Crippen MR) is 102 cm³/mol. The first kappa shape index (κ1) is 23.2. The number of rotatable bonds is 7. The third kappa shape index (κ3) is 6.73. The summed E-state index contributed by atoms with van der Waals surface area (Å²) in [5, 5.41) is 0. The van der Waals surface area contributed by atoms with Gasteiger partial charge in [-0.05, 0) is 24.6 Å². The number of hydrogen-bond donors (Lipinski definition) is 0. The van der Waals surface area contributed by atoms with E-state index in [1.807, 2.05) is 6.92 Å². The maximum Gasteiger partial charge on any atom is 0.416 e. The fourth-order valence-corrected chi connectivity index (χ4v) is 4.44. The maximum absolute atomic E-state index is 12.8. The number of carbonyl (C=O) groups excluding carboxylic acids is 2. The molecule has 6 nitrogen and oxygen atoms in total. The molecule has 162 valence electrons. The van der Waals surface area contributed by atoms with Crippen molar-refractivity contribution in [1.29, 1.82) is 0 Å². The van der Waals surface area contributed by atoms with Gasteiger partial charge in [0.25, 0.3) is 5.91 Å². The molecule has 2 amide bonds. The van der Waals surface area contributed by atoms with Crippen molar-refractivity contribution in [2.24, 2.45) is 0 Å². The van der Waals surface area contributed by atoms with Crippen LogP contribution < -0.4 is 0 Å². The quantitative estimate of drug-likeness (QED) is 0.619. The van der Waals surface area contributed by atoms with Gasteiger partial charge in [0.05, 0.1) is 11.3 Å². The van der Waals surface area contributed by atoms with Gasteiger partial charge in [-0.1, -0.05) is 25.8 Å². The van der Waals surface area contributed by atoms with Crippen LogP contribution in [-0.4, -0.2) is 67.7 Å². The monoisotopic (exact) mass is 434 g/mol. The summed E-state index contributed by atoms with van der Waals surface area (Å²) in [4.78, 5) is 27.5. The molecule has 0 aromatic heterocycles. The minimum atomic E-state index is -4.54. The van der Waals surface area contributed by atoms with Gasteiger partial charge >= 0.3 is 6.18 Å². The van der Waals surface area contributed by atoms with Crippen molar-refractivity contribution in [2.45, 2.75) is 32.4 Å². The number of sulfone groups is 1. The van der Waals surface area contributed by atoms with Crippen LogP contribution in [0.25, 0.3) is 0 Å². The minimum absolute atomic E-state index is 0.0272. The van der Waals surface area contributed by atoms with Gasteiger partial charge < -0.3 is 9.80 Å². The Kier molecular flexibility index (Phi) is 7.67. The topological polar surface area (TPSA) is 74.8 Å². The Morgan fingerprint density at radius 3 is 2.24 bits per heavy atom. The molecule has 2 rings (SSSR count). The van der Waals surface area contributed by atoms with Crippen LogP contribution in [0.15, 0.2) is 24.3 Å². The zero-order valence-electron chi connectivity index (χ0n) is 16.2. The highest BCUT2D eigenvalue weighted by molar-refractivity contribution is 7.92. The van der Waals surface area contributed by atoms with Crippen LogP contribution in [0.5, 0.6) is 0 Å². The van der Waals surface area contributed by atoms with Crippen molar-refractivity contribution >= 4 is 21.7 Å². The number of nitrogens with zero attached hydrogens (tertiary/aromatic N) is 2. The van der Waals surface area contributed by atoms with E-state index in [0.29, 0.717) is 6.42 Å². The molecule has 1 aromatic rings. The zero-order chi connectivity index (χ0) is 21.7. The van der Waals surface area contributed by atoms with E-state index < -0.39 is 39.1 Å². The fourth-order valence-electron chi connectivity index (χ4n) is 3.09. The van der Waals surface area contributed by atoms with Crippen molar-refractivity contribution in [1.82, 2.24) is 9.80 Å². The molecule has 0 atom stereocenters. The lowest BCUT2D eigenvalue weighted by Gasteiger charge is -2.34. The number of unbranched alkanes of at least 4 members (excludes halogenated alkanes) is 2. The second-order valence-electron chi connectivity index (χ2n) is 7.05. The summed E-state index contributed by atoms with van der Waals surface area (Å²) in [5.74, 6) is -1.64. The maximum atomic E-state index is 12.8. The molecule has 0 bridgehead atoms. The molecule has 10 heteroatoms. The highest BCUT2D eigenvalue weighted by atomic mass is 32.2. The van der Waals surface area contributed by atoms with Gasteiger partial charge in [0.1, 0.15) is 5.75 Å². The number of alkyl halides is 3. The Labute approximate surface area is 168 Å². The van der Waals surface area contributed by atoms with E-state index in [1.54, 1.807) is 0 Å². The highest BCUT2D eigenvalue weighted by Crippen LogP contribution is 2.29. The van der Waals surface area contributed by atoms with Gasteiger partial charge in [-0.3, -0.25) is 9.59 Å². The van der Waals surface area contributed by atoms with Gasteiger partial charge in [-0.25, -0.2) is 8.42 Å². The van der Waals surface area contributed by atoms with Gasteiger partial charge in [0.15, 0.2) is 9.84 Å². The molecular formula is C19H25F3N2O4S. The number of carbonyl (C=O) groups is 2. The number of benzene rings is 1. The third-order valence-corrected chi connectivity index (χ3v) is 6.36. The summed E-state index contributed by atoms with van der Waals surface area (Å²) >= 11 is 0. The molecule has 0 saturated carbocycles. The Morgan fingerprint density at radius 2 is 1.66 bits per heavy atom. The molecule has 1 saturated heterocycles. The van der Waals surface area contributed by atoms with E-state index in [0.717, 1.165) is 25.0 Å². The first-order valence-electron chi connectivity index (χ1n) is 9.48. The zero-order valence-corrected chi connectivity index (χ0v) is 17.1. The minimum Gasteiger partial charge on any atom is -0.338 e. The second kappa shape index (κ2) is 9.60. The largest absolute Gasteiger partial charge is 0.416 e. The van der Waals surface area contributed by atoms with Gasteiger partial charge in [0.2, 0.25) is 5.91 Å². The lowest BCUT2D eigenvalue weighted by atomic mass is 10.1. The molecule has 0 aliphatic carbocycles. The van der Waals surface area contributed by atoms with E-state index >= 15 is 0 Å². The Morgan fingerprint density at radius 1 is 1.03 bits per heavy atom. The molecule has 0 radical (unpaired) electrons. The van der Waals surface area contributed by atoms with Gasteiger partial charge in [-0.2, -0.15) is 13.2 Å². The van der Waals surface area contributed by atoms with E-state index in [1.165, 1.54) is 21.9 Å². The van der Waals surface area contributed by atoms with Crippen LogP contribution in [0.4, 0.5) is 13.2 Å². The van der Waals surface area contributed by atoms with Crippen molar-refractivity contribution in [3.63, 3.8) is 0 Å². The van der Waals surface area contributed by atoms with Crippen LogP contribution >= 0.6 is 0 Å². The SMILES string of the molecule is CCCCCS(=O)(=O)CC(=O)N1CCN(C(=O)c2cccc(C(F)(F)F)c2)CC1. The first-order valence-corrected chi connectivity index (χ1v) is 11.3. The molecule has 0 unspecified atom stereocenters. The molecule has 1 fully saturated rings. The van der Waals surface area contributed by atoms with Crippen molar-refractivity contribution in [2.75, 3.05) is 37.7 Å². The van der Waals surface area contributed by atoms with Gasteiger partial charge in [-0.15, -0.1) is 0 Å². The summed E-state index contributed by atoms with van der Waals surface area (Å²) in [6, 6.07) is 4.20. The summed E-state index contributed by atoms with van der Waals surface area (Å²) in [7, 11) is -3.47. The molecule has 0 N–H and O–H groups in total. The summed E-state index contributed by atoms with van der Waals surface area (Å²) < 4.78 is 62.5. The van der Waals surface area contributed by atoms with Gasteiger partial charge in [0, 0.05) is 31.7 Å². The summed E-state index contributed by atoms with van der Waals surface area (Å²) in [6.45, 7) is 2.52. The normalized spacial score (nSPS) is 15.4. The molecule has 1 aliphatic rings. The van der Waals surface area contributed by atoms with Crippen molar-refractivity contribution in [3.8, 4) is 0 Å². The van der Waals surface area contributed by atoms with Crippen molar-refractivity contribution in [3.05, 3.63) is 35.4 Å². The van der Waals surface area contributed by atoms with Crippen LogP contribution in [0.3, 0.4) is 0 Å². The standard InChI is InChI=1S/C19H25F3N2O4S/c1-2-3-4-12-29(27,28)14-17(25)23-8-10-24(11-9-23)18(26)15-6-5-7-16(13-15)19(20,21)22/h5-7,13H,2-4,8-12,14H2,1H3. The Hall–Kier alpha value is -2.10. The number of piperazine rings is 1. The average molecular weight is 434 g/mol. The summed E-state index contributed by atoms with van der Waals surface area (Å²) in [6.07, 6.45) is -2.36. The number of hydrogen-bond acceptors (Lipinski definition) is 4. The van der Waals surface area contributed by atoms with Crippen LogP contribution in [0, 0.1) is 0 Å². The number of amides is 2. The fraction of sp³-hybridized carbons (Fsp3) is 0.579. The Bertz CT molecular complexity index is 832. The number of halogens is 3. The lowest BCUT2D eigenvalue weighted by Crippen LogP contribution is -2.51. The third-order valence-electron chi connectivity index (χ3n) is 4.76. The highest BCUT2D eigenvalue weighted by Gasteiger charge is 2.32. The van der Waals surface area contributed by atoms with Crippen LogP contribution in [0.1, 0.15) is 42.1 Å². The predicted octanol–water partition coefficient (Wildman–Crippen LogP) is 2.59. The summed E-state index contributed by atoms with van der Waals surface area (Å²) in [5.41, 5.74) is -0.969. The first-order chi connectivity index (χ1) is 13.5. The van der Waals surface area contributed by atoms with E-state index in [-0.39, 0.29) is 37.5 Å². The van der Waals surface area contributed by atoms with E-state index in [4.69, 9.17) is 0 Å².